The summed E-state index contributed by atoms with van der Waals surface area (Å²) in [6.07, 6.45) is -0.125. The van der Waals surface area contributed by atoms with Crippen LogP contribution >= 0.6 is 0 Å². The summed E-state index contributed by atoms with van der Waals surface area (Å²) < 4.78 is 5.36. The number of aryl methyl sites for hydroxylation is 1. The van der Waals surface area contributed by atoms with E-state index in [1.807, 2.05) is 25.1 Å². The highest BCUT2D eigenvalue weighted by molar-refractivity contribution is 6.02. The lowest BCUT2D eigenvalue weighted by atomic mass is 10.1. The molecule has 8 heteroatoms. The minimum atomic E-state index is -1.21. The molecule has 0 atom stereocenters. The predicted molar refractivity (Wildman–Crippen MR) is 105 cm³/mol. The van der Waals surface area contributed by atoms with Crippen LogP contribution in [0.25, 0.3) is 0 Å². The number of hydrogen-bond acceptors (Lipinski definition) is 6. The van der Waals surface area contributed by atoms with Crippen LogP contribution in [0.15, 0.2) is 59.7 Å². The van der Waals surface area contributed by atoms with Crippen molar-refractivity contribution >= 4 is 23.5 Å². The molecule has 0 saturated heterocycles. The van der Waals surface area contributed by atoms with Gasteiger partial charge in [0, 0.05) is 5.97 Å². The quantitative estimate of drug-likeness (QED) is 0.449. The number of nitrogens with zero attached hydrogens (tertiary/aromatic N) is 1. The van der Waals surface area contributed by atoms with Gasteiger partial charge in [-0.25, -0.2) is 5.43 Å². The van der Waals surface area contributed by atoms with Crippen LogP contribution in [0.3, 0.4) is 0 Å². The Bertz CT molecular complexity index is 881. The van der Waals surface area contributed by atoms with Gasteiger partial charge in [-0.1, -0.05) is 42.5 Å². The van der Waals surface area contributed by atoms with Gasteiger partial charge in [0.25, 0.3) is 11.8 Å². The molecule has 8 nitrogen and oxygen atoms in total. The molecule has 0 aliphatic heterocycles. The summed E-state index contributed by atoms with van der Waals surface area (Å²) in [5.41, 5.74) is 4.41. The SMILES string of the molecule is Cc1cccc(OCC(=O)NCC(=O)N/N=C(\CCC(=O)[O-])c2ccccc2)c1. The molecule has 0 saturated carbocycles. The molecule has 0 radical (unpaired) electrons. The summed E-state index contributed by atoms with van der Waals surface area (Å²) in [7, 11) is 0. The molecule has 0 aliphatic carbocycles. The van der Waals surface area contributed by atoms with Crippen molar-refractivity contribution in [2.24, 2.45) is 5.10 Å². The molecule has 0 spiro atoms. The topological polar surface area (TPSA) is 120 Å². The maximum Gasteiger partial charge on any atom is 0.259 e. The van der Waals surface area contributed by atoms with Crippen molar-refractivity contribution in [3.63, 3.8) is 0 Å². The highest BCUT2D eigenvalue weighted by atomic mass is 16.5. The van der Waals surface area contributed by atoms with E-state index in [4.69, 9.17) is 4.74 Å². The van der Waals surface area contributed by atoms with E-state index in [1.54, 1.807) is 36.4 Å². The van der Waals surface area contributed by atoms with Gasteiger partial charge in [0.15, 0.2) is 6.61 Å². The van der Waals surface area contributed by atoms with Crippen LogP contribution < -0.4 is 20.6 Å². The van der Waals surface area contributed by atoms with E-state index in [9.17, 15) is 19.5 Å². The summed E-state index contributed by atoms with van der Waals surface area (Å²) in [4.78, 5) is 34.5. The predicted octanol–water partition coefficient (Wildman–Crippen LogP) is 0.541. The fourth-order valence-corrected chi connectivity index (χ4v) is 2.37. The van der Waals surface area contributed by atoms with Gasteiger partial charge in [0.2, 0.25) is 0 Å². The molecule has 2 amide bonds. The van der Waals surface area contributed by atoms with E-state index in [0.29, 0.717) is 17.0 Å². The highest BCUT2D eigenvalue weighted by Gasteiger charge is 2.08. The molecule has 0 heterocycles. The molecule has 0 aliphatic rings. The van der Waals surface area contributed by atoms with Crippen molar-refractivity contribution in [3.8, 4) is 5.75 Å². The maximum absolute atomic E-state index is 11.9. The monoisotopic (exact) mass is 396 g/mol. The van der Waals surface area contributed by atoms with E-state index < -0.39 is 17.8 Å². The van der Waals surface area contributed by atoms with Crippen molar-refractivity contribution in [1.29, 1.82) is 0 Å². The van der Waals surface area contributed by atoms with Crippen LogP contribution in [0, 0.1) is 6.92 Å². The zero-order valence-electron chi connectivity index (χ0n) is 16.0. The number of carboxylic acids is 1. The summed E-state index contributed by atoms with van der Waals surface area (Å²) in [5.74, 6) is -1.64. The zero-order chi connectivity index (χ0) is 21.1. The molecular weight excluding hydrogens is 374 g/mol. The number of carbonyl (C=O) groups is 3. The fourth-order valence-electron chi connectivity index (χ4n) is 2.37. The van der Waals surface area contributed by atoms with Gasteiger partial charge >= 0.3 is 0 Å². The van der Waals surface area contributed by atoms with Crippen LogP contribution in [0.5, 0.6) is 5.75 Å². The first-order chi connectivity index (χ1) is 13.9. The summed E-state index contributed by atoms with van der Waals surface area (Å²) in [6.45, 7) is 1.40. The molecule has 2 aromatic carbocycles. The van der Waals surface area contributed by atoms with Crippen molar-refractivity contribution < 1.29 is 24.2 Å². The smallest absolute Gasteiger partial charge is 0.259 e. The Morgan fingerprint density at radius 2 is 1.76 bits per heavy atom. The standard InChI is InChI=1S/C21H23N3O5/c1-15-6-5-9-17(12-15)29-14-20(26)22-13-19(25)24-23-18(10-11-21(27)28)16-7-3-2-4-8-16/h2-9,12H,10-11,13-14H2,1H3,(H,22,26)(H,24,25)(H,27,28)/p-1/b23-18+. The van der Waals surface area contributed by atoms with Crippen molar-refractivity contribution in [2.45, 2.75) is 19.8 Å². The molecule has 0 bridgehead atoms. The summed E-state index contributed by atoms with van der Waals surface area (Å²) in [6, 6.07) is 16.1. The molecule has 2 aromatic rings. The number of amides is 2. The number of hydrogen-bond donors (Lipinski definition) is 2. The molecule has 2 rings (SSSR count). The van der Waals surface area contributed by atoms with Crippen LogP contribution in [0.1, 0.15) is 24.0 Å². The largest absolute Gasteiger partial charge is 0.550 e. The van der Waals surface area contributed by atoms with Gasteiger partial charge in [-0.3, -0.25) is 9.59 Å². The van der Waals surface area contributed by atoms with Crippen LogP contribution in [0.2, 0.25) is 0 Å². The minimum Gasteiger partial charge on any atom is -0.550 e. The van der Waals surface area contributed by atoms with E-state index in [-0.39, 0.29) is 26.0 Å². The lowest BCUT2D eigenvalue weighted by Crippen LogP contribution is -2.37. The van der Waals surface area contributed by atoms with Gasteiger partial charge in [0.05, 0.1) is 12.3 Å². The second-order valence-electron chi connectivity index (χ2n) is 6.21. The lowest BCUT2D eigenvalue weighted by Gasteiger charge is -2.09. The number of benzene rings is 2. The normalized spacial score (nSPS) is 10.9. The zero-order valence-corrected chi connectivity index (χ0v) is 16.0. The van der Waals surface area contributed by atoms with Gasteiger partial charge in [-0.05, 0) is 43.0 Å². The van der Waals surface area contributed by atoms with Crippen molar-refractivity contribution in [1.82, 2.24) is 10.7 Å². The third kappa shape index (κ3) is 8.25. The Labute approximate surface area is 168 Å². The lowest BCUT2D eigenvalue weighted by molar-refractivity contribution is -0.305. The molecule has 0 unspecified atom stereocenters. The molecule has 0 aromatic heterocycles. The van der Waals surface area contributed by atoms with Crippen LogP contribution in [-0.4, -0.2) is 36.6 Å². The second kappa shape index (κ2) is 11.2. The van der Waals surface area contributed by atoms with Gasteiger partial charge < -0.3 is 20.0 Å². The van der Waals surface area contributed by atoms with Gasteiger partial charge in [-0.15, -0.1) is 0 Å². The number of nitrogens with one attached hydrogen (secondary N) is 2. The van der Waals surface area contributed by atoms with E-state index in [1.165, 1.54) is 0 Å². The van der Waals surface area contributed by atoms with Gasteiger partial charge in [-0.2, -0.15) is 5.10 Å². The second-order valence-corrected chi connectivity index (χ2v) is 6.21. The van der Waals surface area contributed by atoms with E-state index in [0.717, 1.165) is 5.56 Å². The maximum atomic E-state index is 11.9. The summed E-state index contributed by atoms with van der Waals surface area (Å²) in [5, 5.41) is 17.1. The molecular formula is C21H22N3O5-. The number of carbonyl (C=O) groups excluding carboxylic acids is 3. The number of ether oxygens (including phenoxy) is 1. The summed E-state index contributed by atoms with van der Waals surface area (Å²) >= 11 is 0. The van der Waals surface area contributed by atoms with Crippen LogP contribution in [-0.2, 0) is 14.4 Å². The van der Waals surface area contributed by atoms with Crippen molar-refractivity contribution in [2.75, 3.05) is 13.2 Å². The Balaban J connectivity index is 1.82. The Morgan fingerprint density at radius 3 is 2.45 bits per heavy atom. The van der Waals surface area contributed by atoms with Crippen molar-refractivity contribution in [3.05, 3.63) is 65.7 Å². The third-order valence-corrected chi connectivity index (χ3v) is 3.79. The first-order valence-electron chi connectivity index (χ1n) is 9.01. The molecule has 152 valence electrons. The Morgan fingerprint density at radius 1 is 1.00 bits per heavy atom. The number of hydrazone groups is 1. The first-order valence-corrected chi connectivity index (χ1v) is 9.01. The minimum absolute atomic E-state index is 0.101. The molecule has 0 fully saturated rings. The average Bonchev–Trinajstić information content (AvgIpc) is 2.71. The first kappa shape index (κ1) is 21.6. The molecule has 2 N–H and O–H groups in total. The number of rotatable bonds is 10. The highest BCUT2D eigenvalue weighted by Crippen LogP contribution is 2.11. The van der Waals surface area contributed by atoms with E-state index in [2.05, 4.69) is 15.8 Å². The Hall–Kier alpha value is -3.68. The number of aliphatic carboxylic acids is 1. The number of carboxylic acid groups (broad SMARTS) is 1. The van der Waals surface area contributed by atoms with E-state index >= 15 is 0 Å². The molecule has 29 heavy (non-hydrogen) atoms. The fraction of sp³-hybridized carbons (Fsp3) is 0.238. The third-order valence-electron chi connectivity index (χ3n) is 3.79. The van der Waals surface area contributed by atoms with Crippen LogP contribution in [0.4, 0.5) is 0 Å². The average molecular weight is 396 g/mol. The van der Waals surface area contributed by atoms with Gasteiger partial charge in [0.1, 0.15) is 5.75 Å². The Kier molecular flexibility index (Phi) is 8.37.